The summed E-state index contributed by atoms with van der Waals surface area (Å²) in [6.45, 7) is 1.38. The van der Waals surface area contributed by atoms with E-state index in [0.717, 1.165) is 11.1 Å². The molecule has 0 saturated carbocycles. The average Bonchev–Trinajstić information content (AvgIpc) is 3.05. The first kappa shape index (κ1) is 34.0. The van der Waals surface area contributed by atoms with E-state index in [-0.39, 0.29) is 56.3 Å². The van der Waals surface area contributed by atoms with E-state index in [9.17, 15) is 14.4 Å². The van der Waals surface area contributed by atoms with Gasteiger partial charge in [-0.15, -0.1) is 0 Å². The van der Waals surface area contributed by atoms with E-state index < -0.39 is 23.8 Å². The van der Waals surface area contributed by atoms with Crippen molar-refractivity contribution in [2.24, 2.45) is 0 Å². The summed E-state index contributed by atoms with van der Waals surface area (Å²) in [6.07, 6.45) is 0.270. The Balaban J connectivity index is 1.68. The van der Waals surface area contributed by atoms with E-state index in [1.54, 1.807) is 31.2 Å². The van der Waals surface area contributed by atoms with Gasteiger partial charge in [-0.1, -0.05) is 84.4 Å². The van der Waals surface area contributed by atoms with Crippen molar-refractivity contribution < 1.29 is 33.7 Å². The van der Waals surface area contributed by atoms with Crippen LogP contribution in [-0.2, 0) is 28.6 Å². The molecule has 10 heteroatoms. The van der Waals surface area contributed by atoms with Crippen LogP contribution in [0.2, 0.25) is 5.02 Å². The number of halogens is 1. The molecular weight excluding hydrogens is 608 g/mol. The number of ether oxygens (including phenoxy) is 3. The van der Waals surface area contributed by atoms with Gasteiger partial charge in [0.05, 0.1) is 61.5 Å². The summed E-state index contributed by atoms with van der Waals surface area (Å²) in [5.41, 5.74) is 3.71. The fourth-order valence-electron chi connectivity index (χ4n) is 5.39. The summed E-state index contributed by atoms with van der Waals surface area (Å²) in [7, 11) is 0. The number of nitrogens with zero attached hydrogens (tertiary/aromatic N) is 1. The fourth-order valence-corrected chi connectivity index (χ4v) is 5.58. The third-order valence-corrected chi connectivity index (χ3v) is 7.70. The van der Waals surface area contributed by atoms with Gasteiger partial charge in [0.15, 0.2) is 0 Å². The Hall–Kier alpha value is -4.91. The number of nitriles is 1. The van der Waals surface area contributed by atoms with Gasteiger partial charge in [-0.2, -0.15) is 5.26 Å². The summed E-state index contributed by atoms with van der Waals surface area (Å²) in [6, 6.07) is 28.6. The number of dihydropyridines is 1. The minimum atomic E-state index is -1.02. The predicted molar refractivity (Wildman–Crippen MR) is 172 cm³/mol. The monoisotopic (exact) mass is 642 g/mol. The minimum Gasteiger partial charge on any atom is -0.481 e. The largest absolute Gasteiger partial charge is 0.481 e. The van der Waals surface area contributed by atoms with Gasteiger partial charge >= 0.3 is 17.9 Å². The number of aliphatic carboxylic acids is 1. The normalized spacial score (nSPS) is 14.4. The van der Waals surface area contributed by atoms with Gasteiger partial charge in [0.25, 0.3) is 0 Å². The minimum absolute atomic E-state index is 0.00469. The van der Waals surface area contributed by atoms with Crippen molar-refractivity contribution in [3.05, 3.63) is 129 Å². The Labute approximate surface area is 273 Å². The van der Waals surface area contributed by atoms with Crippen LogP contribution in [0.5, 0.6) is 0 Å². The van der Waals surface area contributed by atoms with Crippen LogP contribution in [0, 0.1) is 11.3 Å². The molecule has 0 amide bonds. The molecule has 0 saturated heterocycles. The number of carbonyl (C=O) groups is 3. The van der Waals surface area contributed by atoms with E-state index in [2.05, 4.69) is 5.32 Å². The van der Waals surface area contributed by atoms with E-state index in [1.165, 1.54) is 0 Å². The highest BCUT2D eigenvalue weighted by atomic mass is 35.5. The van der Waals surface area contributed by atoms with Crippen molar-refractivity contribution in [2.75, 3.05) is 26.4 Å². The Morgan fingerprint density at radius 1 is 0.891 bits per heavy atom. The van der Waals surface area contributed by atoms with Crippen molar-refractivity contribution in [3.8, 4) is 6.07 Å². The van der Waals surface area contributed by atoms with Crippen LogP contribution < -0.4 is 5.32 Å². The van der Waals surface area contributed by atoms with Gasteiger partial charge in [0, 0.05) is 16.6 Å². The molecule has 0 bridgehead atoms. The van der Waals surface area contributed by atoms with Gasteiger partial charge in [0.2, 0.25) is 0 Å². The molecule has 0 spiro atoms. The van der Waals surface area contributed by atoms with Crippen LogP contribution >= 0.6 is 11.6 Å². The third-order valence-electron chi connectivity index (χ3n) is 7.46. The highest BCUT2D eigenvalue weighted by Gasteiger charge is 2.39. The van der Waals surface area contributed by atoms with Crippen LogP contribution in [0.4, 0.5) is 0 Å². The average molecular weight is 643 g/mol. The molecule has 0 radical (unpaired) electrons. The van der Waals surface area contributed by atoms with E-state index in [1.807, 2.05) is 66.7 Å². The first-order valence-corrected chi connectivity index (χ1v) is 15.2. The molecule has 3 aromatic carbocycles. The molecule has 1 aliphatic heterocycles. The number of rotatable bonds is 15. The number of allylic oxidation sites excluding steroid dienone is 1. The lowest BCUT2D eigenvalue weighted by Gasteiger charge is -2.31. The van der Waals surface area contributed by atoms with Gasteiger partial charge < -0.3 is 24.6 Å². The summed E-state index contributed by atoms with van der Waals surface area (Å²) in [5.74, 6) is -3.38. The quantitative estimate of drug-likeness (QED) is 0.145. The number of esters is 2. The highest BCUT2D eigenvalue weighted by molar-refractivity contribution is 6.30. The summed E-state index contributed by atoms with van der Waals surface area (Å²) < 4.78 is 17.0. The predicted octanol–water partition coefficient (Wildman–Crippen LogP) is 6.27. The van der Waals surface area contributed by atoms with Gasteiger partial charge in [-0.25, -0.2) is 9.59 Å². The van der Waals surface area contributed by atoms with Crippen molar-refractivity contribution in [1.29, 1.82) is 5.26 Å². The van der Waals surface area contributed by atoms with Crippen LogP contribution in [0.3, 0.4) is 0 Å². The molecule has 9 nitrogen and oxygen atoms in total. The number of nitrogens with one attached hydrogen (secondary N) is 1. The SMILES string of the molecule is CC1=C(C(=O)OCCC#N)C(c2cccc(Cl)c2)C(C(=O)OCCC(c2ccccc2)c2ccccc2)=C(COCCC(=O)O)N1. The third kappa shape index (κ3) is 9.07. The molecule has 1 heterocycles. The van der Waals surface area contributed by atoms with Crippen molar-refractivity contribution >= 4 is 29.5 Å². The van der Waals surface area contributed by atoms with Gasteiger partial charge in [0.1, 0.15) is 6.61 Å². The summed E-state index contributed by atoms with van der Waals surface area (Å²) >= 11 is 6.36. The van der Waals surface area contributed by atoms with Crippen molar-refractivity contribution in [1.82, 2.24) is 5.32 Å². The first-order chi connectivity index (χ1) is 22.3. The van der Waals surface area contributed by atoms with E-state index in [0.29, 0.717) is 28.4 Å². The molecule has 0 fully saturated rings. The second-order valence-electron chi connectivity index (χ2n) is 10.6. The maximum absolute atomic E-state index is 14.1. The molecule has 4 rings (SSSR count). The lowest BCUT2D eigenvalue weighted by Crippen LogP contribution is -2.35. The number of hydrogen-bond donors (Lipinski definition) is 2. The summed E-state index contributed by atoms with van der Waals surface area (Å²) in [4.78, 5) is 38.6. The lowest BCUT2D eigenvalue weighted by molar-refractivity contribution is -0.141. The Morgan fingerprint density at radius 2 is 1.52 bits per heavy atom. The zero-order chi connectivity index (χ0) is 32.9. The molecule has 238 valence electrons. The van der Waals surface area contributed by atoms with Crippen molar-refractivity contribution in [3.63, 3.8) is 0 Å². The van der Waals surface area contributed by atoms with Crippen LogP contribution in [0.25, 0.3) is 0 Å². The van der Waals surface area contributed by atoms with Crippen LogP contribution in [0.1, 0.15) is 54.7 Å². The Morgan fingerprint density at radius 3 is 2.13 bits per heavy atom. The van der Waals surface area contributed by atoms with Gasteiger partial charge in [-0.05, 0) is 42.2 Å². The maximum Gasteiger partial charge on any atom is 0.336 e. The van der Waals surface area contributed by atoms with Gasteiger partial charge in [-0.3, -0.25) is 4.79 Å². The smallest absolute Gasteiger partial charge is 0.336 e. The second kappa shape index (κ2) is 17.0. The standard InChI is InChI=1S/C36H35ClN2O7/c1-24-32(35(42)45-19-9-18-38)33(27-14-8-15-28(37)22-27)34(30(39-24)23-44-20-17-31(40)41)36(43)46-21-16-29(25-10-4-2-5-11-25)26-12-6-3-7-13-26/h2-8,10-15,22,29,33,39H,9,16-17,19-21,23H2,1H3,(H,40,41). The number of carboxylic acids is 1. The second-order valence-corrected chi connectivity index (χ2v) is 11.0. The zero-order valence-corrected chi connectivity index (χ0v) is 26.2. The van der Waals surface area contributed by atoms with Crippen LogP contribution in [-0.4, -0.2) is 49.4 Å². The highest BCUT2D eigenvalue weighted by Crippen LogP contribution is 2.40. The number of carboxylic acid groups (broad SMARTS) is 1. The molecule has 0 aliphatic carbocycles. The van der Waals surface area contributed by atoms with E-state index >= 15 is 0 Å². The summed E-state index contributed by atoms with van der Waals surface area (Å²) in [5, 5.41) is 21.5. The molecule has 3 aromatic rings. The molecule has 1 unspecified atom stereocenters. The van der Waals surface area contributed by atoms with Crippen molar-refractivity contribution in [2.45, 2.75) is 38.0 Å². The van der Waals surface area contributed by atoms with E-state index in [4.69, 9.17) is 36.2 Å². The topological polar surface area (TPSA) is 135 Å². The number of hydrogen-bond acceptors (Lipinski definition) is 8. The maximum atomic E-state index is 14.1. The molecule has 1 atom stereocenters. The molecule has 2 N–H and O–H groups in total. The number of carbonyl (C=O) groups excluding carboxylic acids is 2. The number of benzene rings is 3. The first-order valence-electron chi connectivity index (χ1n) is 14.9. The lowest BCUT2D eigenvalue weighted by atomic mass is 9.80. The Kier molecular flexibility index (Phi) is 12.5. The molecule has 0 aromatic heterocycles. The zero-order valence-electron chi connectivity index (χ0n) is 25.4. The molecule has 1 aliphatic rings. The molecular formula is C36H35ClN2O7. The van der Waals surface area contributed by atoms with Crippen LogP contribution in [0.15, 0.2) is 107 Å². The Bertz CT molecular complexity index is 1590. The molecule has 46 heavy (non-hydrogen) atoms. The fraction of sp³-hybridized carbons (Fsp3) is 0.278.